The highest BCUT2D eigenvalue weighted by atomic mass is 16.5. The summed E-state index contributed by atoms with van der Waals surface area (Å²) >= 11 is 0. The van der Waals surface area contributed by atoms with Crippen molar-refractivity contribution in [2.24, 2.45) is 5.41 Å². The van der Waals surface area contributed by atoms with Crippen LogP contribution < -0.4 is 0 Å². The van der Waals surface area contributed by atoms with Crippen LogP contribution in [0.3, 0.4) is 0 Å². The molecule has 2 heterocycles. The molecule has 0 aromatic heterocycles. The first-order chi connectivity index (χ1) is 7.64. The average Bonchev–Trinajstić information content (AvgIpc) is 2.24. The summed E-state index contributed by atoms with van der Waals surface area (Å²) in [6.45, 7) is 2.83. The van der Waals surface area contributed by atoms with Crippen LogP contribution in [0.15, 0.2) is 0 Å². The minimum atomic E-state index is -0.738. The second-order valence-electron chi connectivity index (χ2n) is 4.84. The van der Waals surface area contributed by atoms with Gasteiger partial charge in [0.15, 0.2) is 0 Å². The third kappa shape index (κ3) is 2.21. The quantitative estimate of drug-likeness (QED) is 0.746. The SMILES string of the molecule is CN(CC1(C(=O)O)COC1)C1CCOCC1. The molecule has 0 saturated carbocycles. The van der Waals surface area contributed by atoms with Gasteiger partial charge in [0, 0.05) is 25.8 Å². The zero-order valence-electron chi connectivity index (χ0n) is 9.65. The highest BCUT2D eigenvalue weighted by Gasteiger charge is 2.47. The summed E-state index contributed by atoms with van der Waals surface area (Å²) in [4.78, 5) is 13.3. The van der Waals surface area contributed by atoms with Crippen LogP contribution in [-0.4, -0.2) is 62.0 Å². The first-order valence-corrected chi connectivity index (χ1v) is 5.73. The zero-order chi connectivity index (χ0) is 11.6. The summed E-state index contributed by atoms with van der Waals surface area (Å²) in [7, 11) is 2.00. The molecule has 92 valence electrons. The maximum Gasteiger partial charge on any atom is 0.315 e. The molecule has 0 aromatic carbocycles. The van der Waals surface area contributed by atoms with Crippen molar-refractivity contribution in [2.75, 3.05) is 40.0 Å². The Kier molecular flexibility index (Phi) is 3.47. The van der Waals surface area contributed by atoms with Crippen molar-refractivity contribution in [3.63, 3.8) is 0 Å². The standard InChI is InChI=1S/C11H19NO4/c1-12(9-2-4-15-5-3-9)6-11(10(13)14)7-16-8-11/h9H,2-8H2,1H3,(H,13,14). The van der Waals surface area contributed by atoms with Gasteiger partial charge in [0.2, 0.25) is 0 Å². The number of aliphatic carboxylic acids is 1. The highest BCUT2D eigenvalue weighted by Crippen LogP contribution is 2.30. The van der Waals surface area contributed by atoms with E-state index < -0.39 is 11.4 Å². The molecule has 0 bridgehead atoms. The third-order valence-corrected chi connectivity index (χ3v) is 3.58. The number of hydrogen-bond acceptors (Lipinski definition) is 4. The van der Waals surface area contributed by atoms with Crippen molar-refractivity contribution < 1.29 is 19.4 Å². The molecule has 16 heavy (non-hydrogen) atoms. The number of rotatable bonds is 4. The van der Waals surface area contributed by atoms with E-state index in [9.17, 15) is 9.90 Å². The van der Waals surface area contributed by atoms with E-state index in [1.165, 1.54) is 0 Å². The number of ether oxygens (including phenoxy) is 2. The van der Waals surface area contributed by atoms with E-state index in [0.717, 1.165) is 26.1 Å². The molecular weight excluding hydrogens is 210 g/mol. The van der Waals surface area contributed by atoms with Gasteiger partial charge in [-0.15, -0.1) is 0 Å². The van der Waals surface area contributed by atoms with E-state index in [1.54, 1.807) is 0 Å². The molecule has 2 fully saturated rings. The van der Waals surface area contributed by atoms with Crippen molar-refractivity contribution in [3.8, 4) is 0 Å². The lowest BCUT2D eigenvalue weighted by molar-refractivity contribution is -0.184. The van der Waals surface area contributed by atoms with E-state index in [4.69, 9.17) is 9.47 Å². The van der Waals surface area contributed by atoms with Crippen LogP contribution in [-0.2, 0) is 14.3 Å². The van der Waals surface area contributed by atoms with Crippen LogP contribution in [0.25, 0.3) is 0 Å². The van der Waals surface area contributed by atoms with Gasteiger partial charge in [-0.05, 0) is 19.9 Å². The summed E-state index contributed by atoms with van der Waals surface area (Å²) < 4.78 is 10.4. The molecular formula is C11H19NO4. The lowest BCUT2D eigenvalue weighted by Gasteiger charge is -2.42. The van der Waals surface area contributed by atoms with Crippen LogP contribution >= 0.6 is 0 Å². The Balaban J connectivity index is 1.89. The summed E-state index contributed by atoms with van der Waals surface area (Å²) in [6.07, 6.45) is 1.99. The second kappa shape index (κ2) is 4.69. The molecule has 2 rings (SSSR count). The first kappa shape index (κ1) is 11.8. The predicted octanol–water partition coefficient (Wildman–Crippen LogP) is 0.198. The largest absolute Gasteiger partial charge is 0.481 e. The number of carboxylic acids is 1. The summed E-state index contributed by atoms with van der Waals surface area (Å²) in [5, 5.41) is 9.20. The second-order valence-corrected chi connectivity index (χ2v) is 4.84. The van der Waals surface area contributed by atoms with Crippen molar-refractivity contribution in [2.45, 2.75) is 18.9 Å². The predicted molar refractivity (Wildman–Crippen MR) is 57.4 cm³/mol. The van der Waals surface area contributed by atoms with Crippen LogP contribution in [0.1, 0.15) is 12.8 Å². The Morgan fingerprint density at radius 3 is 2.44 bits per heavy atom. The van der Waals surface area contributed by atoms with Gasteiger partial charge < -0.3 is 19.5 Å². The molecule has 2 aliphatic heterocycles. The van der Waals surface area contributed by atoms with Gasteiger partial charge in [0.25, 0.3) is 0 Å². The Morgan fingerprint density at radius 1 is 1.38 bits per heavy atom. The van der Waals surface area contributed by atoms with E-state index >= 15 is 0 Å². The molecule has 1 N–H and O–H groups in total. The topological polar surface area (TPSA) is 59.0 Å². The average molecular weight is 229 g/mol. The Morgan fingerprint density at radius 2 is 2.00 bits per heavy atom. The lowest BCUT2D eigenvalue weighted by atomic mass is 9.85. The molecule has 5 nitrogen and oxygen atoms in total. The molecule has 0 amide bonds. The number of carboxylic acid groups (broad SMARTS) is 1. The third-order valence-electron chi connectivity index (χ3n) is 3.58. The first-order valence-electron chi connectivity index (χ1n) is 5.73. The van der Waals surface area contributed by atoms with Crippen LogP contribution in [0.4, 0.5) is 0 Å². The lowest BCUT2D eigenvalue weighted by Crippen LogP contribution is -2.57. The van der Waals surface area contributed by atoms with Crippen LogP contribution in [0.2, 0.25) is 0 Å². The van der Waals surface area contributed by atoms with E-state index in [-0.39, 0.29) is 0 Å². The van der Waals surface area contributed by atoms with Crippen molar-refractivity contribution in [3.05, 3.63) is 0 Å². The fraction of sp³-hybridized carbons (Fsp3) is 0.909. The highest BCUT2D eigenvalue weighted by molar-refractivity contribution is 5.76. The summed E-state index contributed by atoms with van der Waals surface area (Å²) in [6, 6.07) is 0.450. The Hall–Kier alpha value is -0.650. The molecule has 0 aliphatic carbocycles. The molecule has 0 atom stereocenters. The van der Waals surface area contributed by atoms with Crippen LogP contribution in [0, 0.1) is 5.41 Å². The molecule has 5 heteroatoms. The molecule has 0 spiro atoms. The van der Waals surface area contributed by atoms with Gasteiger partial charge in [0.1, 0.15) is 5.41 Å². The molecule has 2 aliphatic rings. The minimum Gasteiger partial charge on any atom is -0.481 e. The number of carbonyl (C=O) groups is 1. The Labute approximate surface area is 95.3 Å². The number of hydrogen-bond donors (Lipinski definition) is 1. The minimum absolute atomic E-state index is 0.343. The fourth-order valence-corrected chi connectivity index (χ4v) is 2.36. The molecule has 2 saturated heterocycles. The van der Waals surface area contributed by atoms with E-state index in [1.807, 2.05) is 7.05 Å². The van der Waals surface area contributed by atoms with Crippen molar-refractivity contribution in [1.29, 1.82) is 0 Å². The maximum absolute atomic E-state index is 11.2. The summed E-state index contributed by atoms with van der Waals surface area (Å²) in [5.74, 6) is -0.738. The monoisotopic (exact) mass is 229 g/mol. The van der Waals surface area contributed by atoms with Gasteiger partial charge in [-0.1, -0.05) is 0 Å². The van der Waals surface area contributed by atoms with Crippen molar-refractivity contribution >= 4 is 5.97 Å². The van der Waals surface area contributed by atoms with Crippen LogP contribution in [0.5, 0.6) is 0 Å². The van der Waals surface area contributed by atoms with Gasteiger partial charge in [-0.2, -0.15) is 0 Å². The maximum atomic E-state index is 11.2. The van der Waals surface area contributed by atoms with Gasteiger partial charge in [-0.25, -0.2) is 0 Å². The van der Waals surface area contributed by atoms with Gasteiger partial charge >= 0.3 is 5.97 Å². The van der Waals surface area contributed by atoms with Crippen molar-refractivity contribution in [1.82, 2.24) is 4.90 Å². The summed E-state index contributed by atoms with van der Waals surface area (Å²) in [5.41, 5.74) is -0.674. The van der Waals surface area contributed by atoms with Gasteiger partial charge in [-0.3, -0.25) is 4.79 Å². The Bertz CT molecular complexity index is 259. The zero-order valence-corrected chi connectivity index (χ0v) is 9.65. The van der Waals surface area contributed by atoms with E-state index in [0.29, 0.717) is 25.8 Å². The molecule has 0 aromatic rings. The van der Waals surface area contributed by atoms with E-state index in [2.05, 4.69) is 4.90 Å². The molecule has 0 radical (unpaired) electrons. The van der Waals surface area contributed by atoms with Gasteiger partial charge in [0.05, 0.1) is 13.2 Å². The normalized spacial score (nSPS) is 25.4. The molecule has 0 unspecified atom stereocenters. The smallest absolute Gasteiger partial charge is 0.315 e. The fourth-order valence-electron chi connectivity index (χ4n) is 2.36. The number of nitrogens with zero attached hydrogens (tertiary/aromatic N) is 1.